The molecule has 68 valence electrons. The van der Waals surface area contributed by atoms with Crippen molar-refractivity contribution in [3.05, 3.63) is 35.9 Å². The van der Waals surface area contributed by atoms with E-state index in [1.165, 1.54) is 24.9 Å². The van der Waals surface area contributed by atoms with Gasteiger partial charge in [0.2, 0.25) is 0 Å². The normalized spacial score (nSPS) is 16.7. The van der Waals surface area contributed by atoms with Crippen molar-refractivity contribution in [2.75, 3.05) is 6.54 Å². The maximum atomic E-state index is 2.48. The second-order valence-corrected chi connectivity index (χ2v) is 3.75. The van der Waals surface area contributed by atoms with Crippen LogP contribution in [0.3, 0.4) is 0 Å². The van der Waals surface area contributed by atoms with Gasteiger partial charge < -0.3 is 0 Å². The molecule has 1 aromatic carbocycles. The van der Waals surface area contributed by atoms with E-state index in [0.29, 0.717) is 0 Å². The first-order valence-corrected chi connectivity index (χ1v) is 4.97. The average molecular weight is 174 g/mol. The SMILES string of the molecule is CC1=[N+](Cc2ccccc2)CCC1. The lowest BCUT2D eigenvalue weighted by molar-refractivity contribution is -0.536. The largest absolute Gasteiger partial charge is 0.233 e. The maximum Gasteiger partial charge on any atom is 0.168 e. The van der Waals surface area contributed by atoms with Gasteiger partial charge in [0.15, 0.2) is 6.54 Å². The Labute approximate surface area is 79.7 Å². The van der Waals surface area contributed by atoms with Crippen molar-refractivity contribution < 1.29 is 4.58 Å². The van der Waals surface area contributed by atoms with E-state index in [4.69, 9.17) is 0 Å². The Morgan fingerprint density at radius 1 is 1.23 bits per heavy atom. The van der Waals surface area contributed by atoms with Gasteiger partial charge in [0, 0.05) is 25.3 Å². The molecule has 0 bridgehead atoms. The fourth-order valence-electron chi connectivity index (χ4n) is 1.89. The fraction of sp³-hybridized carbons (Fsp3) is 0.417. The molecule has 1 aliphatic rings. The van der Waals surface area contributed by atoms with E-state index < -0.39 is 0 Å². The first-order chi connectivity index (χ1) is 6.36. The Bertz CT molecular complexity index is 311. The summed E-state index contributed by atoms with van der Waals surface area (Å²) in [5.74, 6) is 0. The van der Waals surface area contributed by atoms with Crippen LogP contribution >= 0.6 is 0 Å². The summed E-state index contributed by atoms with van der Waals surface area (Å²) >= 11 is 0. The van der Waals surface area contributed by atoms with Crippen molar-refractivity contribution in [2.45, 2.75) is 26.3 Å². The summed E-state index contributed by atoms with van der Waals surface area (Å²) in [5.41, 5.74) is 2.97. The van der Waals surface area contributed by atoms with E-state index in [2.05, 4.69) is 41.8 Å². The number of nitrogens with zero attached hydrogens (tertiary/aromatic N) is 1. The Hall–Kier alpha value is -1.11. The minimum absolute atomic E-state index is 1.09. The van der Waals surface area contributed by atoms with E-state index in [0.717, 1.165) is 6.54 Å². The molecule has 0 saturated carbocycles. The minimum Gasteiger partial charge on any atom is -0.233 e. The fourth-order valence-corrected chi connectivity index (χ4v) is 1.89. The molecule has 0 amide bonds. The third-order valence-electron chi connectivity index (χ3n) is 2.72. The van der Waals surface area contributed by atoms with Crippen LogP contribution in [0.5, 0.6) is 0 Å². The van der Waals surface area contributed by atoms with Crippen molar-refractivity contribution in [1.29, 1.82) is 0 Å². The zero-order valence-electron chi connectivity index (χ0n) is 8.16. The number of hydrogen-bond acceptors (Lipinski definition) is 0. The molecule has 0 atom stereocenters. The van der Waals surface area contributed by atoms with Gasteiger partial charge >= 0.3 is 0 Å². The van der Waals surface area contributed by atoms with Crippen LogP contribution in [0, 0.1) is 0 Å². The molecule has 0 fully saturated rings. The molecular weight excluding hydrogens is 158 g/mol. The molecule has 0 aliphatic carbocycles. The van der Waals surface area contributed by atoms with Gasteiger partial charge in [-0.2, -0.15) is 0 Å². The van der Waals surface area contributed by atoms with Gasteiger partial charge in [0.1, 0.15) is 12.3 Å². The van der Waals surface area contributed by atoms with Crippen molar-refractivity contribution >= 4 is 5.71 Å². The lowest BCUT2D eigenvalue weighted by Crippen LogP contribution is -2.12. The predicted molar refractivity (Wildman–Crippen MR) is 55.2 cm³/mol. The summed E-state index contributed by atoms with van der Waals surface area (Å²) in [4.78, 5) is 0. The topological polar surface area (TPSA) is 3.01 Å². The van der Waals surface area contributed by atoms with Gasteiger partial charge in [0.05, 0.1) is 0 Å². The van der Waals surface area contributed by atoms with Crippen molar-refractivity contribution in [3.63, 3.8) is 0 Å². The smallest absolute Gasteiger partial charge is 0.168 e. The molecule has 2 rings (SSSR count). The lowest BCUT2D eigenvalue weighted by atomic mass is 10.2. The molecule has 1 aromatic rings. The summed E-state index contributed by atoms with van der Waals surface area (Å²) in [5, 5.41) is 0. The van der Waals surface area contributed by atoms with Gasteiger partial charge in [-0.3, -0.25) is 0 Å². The Kier molecular flexibility index (Phi) is 2.44. The van der Waals surface area contributed by atoms with E-state index in [1.54, 1.807) is 5.71 Å². The lowest BCUT2D eigenvalue weighted by Gasteiger charge is -1.99. The van der Waals surface area contributed by atoms with Crippen molar-refractivity contribution in [3.8, 4) is 0 Å². The number of benzene rings is 1. The monoisotopic (exact) mass is 174 g/mol. The zero-order chi connectivity index (χ0) is 9.10. The van der Waals surface area contributed by atoms with Crippen LogP contribution in [-0.2, 0) is 6.54 Å². The average Bonchev–Trinajstić information content (AvgIpc) is 2.54. The molecule has 0 saturated heterocycles. The van der Waals surface area contributed by atoms with Crippen LogP contribution in [0.1, 0.15) is 25.3 Å². The van der Waals surface area contributed by atoms with Gasteiger partial charge in [-0.1, -0.05) is 30.3 Å². The van der Waals surface area contributed by atoms with Crippen LogP contribution in [0.2, 0.25) is 0 Å². The molecule has 1 heterocycles. The first-order valence-electron chi connectivity index (χ1n) is 4.97. The molecule has 0 N–H and O–H groups in total. The summed E-state index contributed by atoms with van der Waals surface area (Å²) in [7, 11) is 0. The van der Waals surface area contributed by atoms with Crippen LogP contribution in [0.25, 0.3) is 0 Å². The van der Waals surface area contributed by atoms with Crippen LogP contribution in [0.4, 0.5) is 0 Å². The van der Waals surface area contributed by atoms with Gasteiger partial charge in [-0.05, 0) is 0 Å². The molecule has 0 aromatic heterocycles. The van der Waals surface area contributed by atoms with Crippen molar-refractivity contribution in [1.82, 2.24) is 0 Å². The van der Waals surface area contributed by atoms with E-state index in [-0.39, 0.29) is 0 Å². The molecule has 13 heavy (non-hydrogen) atoms. The van der Waals surface area contributed by atoms with E-state index in [1.807, 2.05) is 0 Å². The minimum atomic E-state index is 1.09. The Morgan fingerprint density at radius 2 is 2.00 bits per heavy atom. The highest BCUT2D eigenvalue weighted by Gasteiger charge is 2.17. The second kappa shape index (κ2) is 3.73. The third-order valence-corrected chi connectivity index (χ3v) is 2.72. The molecule has 1 aliphatic heterocycles. The summed E-state index contributed by atoms with van der Waals surface area (Å²) < 4.78 is 2.48. The van der Waals surface area contributed by atoms with E-state index >= 15 is 0 Å². The molecule has 0 radical (unpaired) electrons. The molecular formula is C12H16N+. The number of rotatable bonds is 2. The van der Waals surface area contributed by atoms with Gasteiger partial charge in [-0.25, -0.2) is 4.58 Å². The van der Waals surface area contributed by atoms with Gasteiger partial charge in [-0.15, -0.1) is 0 Å². The van der Waals surface area contributed by atoms with Crippen LogP contribution in [-0.4, -0.2) is 16.8 Å². The summed E-state index contributed by atoms with van der Waals surface area (Å²) in [6.07, 6.45) is 2.62. The highest BCUT2D eigenvalue weighted by Crippen LogP contribution is 2.08. The quantitative estimate of drug-likeness (QED) is 0.606. The van der Waals surface area contributed by atoms with Gasteiger partial charge in [0.25, 0.3) is 0 Å². The molecule has 0 spiro atoms. The van der Waals surface area contributed by atoms with E-state index in [9.17, 15) is 0 Å². The zero-order valence-corrected chi connectivity index (χ0v) is 8.16. The highest BCUT2D eigenvalue weighted by molar-refractivity contribution is 5.77. The maximum absolute atomic E-state index is 2.48. The van der Waals surface area contributed by atoms with Crippen molar-refractivity contribution in [2.24, 2.45) is 0 Å². The summed E-state index contributed by atoms with van der Waals surface area (Å²) in [6.45, 7) is 4.57. The van der Waals surface area contributed by atoms with Crippen LogP contribution in [0.15, 0.2) is 30.3 Å². The molecule has 1 heteroatoms. The summed E-state index contributed by atoms with van der Waals surface area (Å²) in [6, 6.07) is 10.7. The standard InChI is InChI=1S/C12H16N/c1-11-6-5-9-13(11)10-12-7-3-2-4-8-12/h2-4,7-8H,5-6,9-10H2,1H3/q+1. The number of hydrogen-bond donors (Lipinski definition) is 0. The Balaban J connectivity index is 2.11. The third kappa shape index (κ3) is 1.97. The Morgan fingerprint density at radius 3 is 2.62 bits per heavy atom. The highest BCUT2D eigenvalue weighted by atomic mass is 15.0. The molecule has 1 nitrogen and oxygen atoms in total. The van der Waals surface area contributed by atoms with Crippen LogP contribution < -0.4 is 0 Å². The predicted octanol–water partition coefficient (Wildman–Crippen LogP) is 2.45. The molecule has 0 unspecified atom stereocenters. The first kappa shape index (κ1) is 8.49. The second-order valence-electron chi connectivity index (χ2n) is 3.75.